The van der Waals surface area contributed by atoms with E-state index in [1.165, 1.54) is 103 Å². The van der Waals surface area contributed by atoms with Gasteiger partial charge in [-0.05, 0) is 87.9 Å². The molecule has 3 aliphatic rings. The highest BCUT2D eigenvalue weighted by Crippen LogP contribution is 2.48. The van der Waals surface area contributed by atoms with E-state index in [2.05, 4.69) is 19.9 Å². The monoisotopic (exact) mass is 371 g/mol. The quantitative estimate of drug-likeness (QED) is 0.413. The van der Waals surface area contributed by atoms with Crippen molar-refractivity contribution in [3.8, 4) is 6.07 Å². The minimum absolute atomic E-state index is 0.0186. The van der Waals surface area contributed by atoms with E-state index in [0.29, 0.717) is 0 Å². The second-order valence-electron chi connectivity index (χ2n) is 10.8. The lowest BCUT2D eigenvalue weighted by molar-refractivity contribution is 0.0900. The third-order valence-corrected chi connectivity index (χ3v) is 8.79. The topological polar surface area (TPSA) is 23.8 Å². The van der Waals surface area contributed by atoms with E-state index in [0.717, 1.165) is 36.0 Å². The molecule has 3 saturated carbocycles. The molecule has 0 saturated heterocycles. The summed E-state index contributed by atoms with van der Waals surface area (Å²) in [4.78, 5) is 0. The van der Waals surface area contributed by atoms with Crippen molar-refractivity contribution in [3.05, 3.63) is 0 Å². The van der Waals surface area contributed by atoms with Crippen LogP contribution in [-0.4, -0.2) is 0 Å². The highest BCUT2D eigenvalue weighted by Gasteiger charge is 2.38. The van der Waals surface area contributed by atoms with Crippen molar-refractivity contribution in [2.75, 3.05) is 0 Å². The molecule has 154 valence electrons. The van der Waals surface area contributed by atoms with Gasteiger partial charge in [0.15, 0.2) is 0 Å². The average molecular weight is 372 g/mol. The molecular formula is C26H45N. The molecule has 27 heavy (non-hydrogen) atoms. The summed E-state index contributed by atoms with van der Waals surface area (Å²) in [5, 5.41) is 9.53. The molecule has 3 rings (SSSR count). The molecule has 0 bridgehead atoms. The molecule has 0 N–H and O–H groups in total. The second-order valence-corrected chi connectivity index (χ2v) is 10.8. The van der Waals surface area contributed by atoms with Gasteiger partial charge in [-0.2, -0.15) is 5.26 Å². The lowest BCUT2D eigenvalue weighted by Crippen LogP contribution is -2.32. The molecule has 0 unspecified atom stereocenters. The first-order chi connectivity index (χ1) is 13.1. The van der Waals surface area contributed by atoms with Crippen molar-refractivity contribution < 1.29 is 0 Å². The predicted octanol–water partition coefficient (Wildman–Crippen LogP) is 8.29. The summed E-state index contributed by atoms with van der Waals surface area (Å²) < 4.78 is 0. The minimum atomic E-state index is -0.0186. The molecule has 1 heteroatoms. The second kappa shape index (κ2) is 10.3. The van der Waals surface area contributed by atoms with E-state index in [1.807, 2.05) is 0 Å². The lowest BCUT2D eigenvalue weighted by Gasteiger charge is -2.42. The number of nitrogens with zero attached hydrogens (tertiary/aromatic N) is 1. The van der Waals surface area contributed by atoms with Crippen LogP contribution in [0, 0.1) is 46.3 Å². The van der Waals surface area contributed by atoms with Gasteiger partial charge in [-0.25, -0.2) is 0 Å². The fraction of sp³-hybridized carbons (Fsp3) is 0.962. The SMILES string of the molecule is CCCCCCC1CCC(C2CCC([C@H]3CCC[C@@](C)(C#N)C3)CC2)CC1. The standard InChI is InChI=1S/C26H45N/c1-3-4-5-6-8-21-10-12-22(13-11-21)23-14-16-24(17-15-23)25-9-7-18-26(2,19-25)20-27/h21-25H,3-19H2,1-2H3/t21?,22?,23?,24?,25-,26+/m0/s1. The molecule has 2 atom stereocenters. The Morgan fingerprint density at radius 3 is 1.96 bits per heavy atom. The maximum atomic E-state index is 9.53. The molecule has 1 nitrogen and oxygen atoms in total. The minimum Gasteiger partial charge on any atom is -0.198 e. The maximum absolute atomic E-state index is 9.53. The van der Waals surface area contributed by atoms with Gasteiger partial charge in [-0.1, -0.05) is 64.7 Å². The molecule has 0 heterocycles. The Bertz CT molecular complexity index is 461. The molecule has 0 aromatic rings. The molecule has 0 spiro atoms. The molecule has 0 aromatic carbocycles. The van der Waals surface area contributed by atoms with Crippen molar-refractivity contribution >= 4 is 0 Å². The van der Waals surface area contributed by atoms with E-state index in [9.17, 15) is 5.26 Å². The van der Waals surface area contributed by atoms with Gasteiger partial charge in [-0.15, -0.1) is 0 Å². The van der Waals surface area contributed by atoms with Crippen molar-refractivity contribution in [1.29, 1.82) is 5.26 Å². The van der Waals surface area contributed by atoms with Gasteiger partial charge in [0.2, 0.25) is 0 Å². The Morgan fingerprint density at radius 1 is 0.778 bits per heavy atom. The van der Waals surface area contributed by atoms with Gasteiger partial charge < -0.3 is 0 Å². The van der Waals surface area contributed by atoms with Crippen molar-refractivity contribution in [2.45, 2.75) is 123 Å². The highest BCUT2D eigenvalue weighted by molar-refractivity contribution is 5.00. The number of nitriles is 1. The van der Waals surface area contributed by atoms with Gasteiger partial charge in [-0.3, -0.25) is 0 Å². The zero-order valence-electron chi connectivity index (χ0n) is 18.4. The van der Waals surface area contributed by atoms with Gasteiger partial charge >= 0.3 is 0 Å². The number of unbranched alkanes of at least 4 members (excludes halogenated alkanes) is 3. The van der Waals surface area contributed by atoms with Gasteiger partial charge in [0.1, 0.15) is 0 Å². The van der Waals surface area contributed by atoms with Crippen LogP contribution in [-0.2, 0) is 0 Å². The van der Waals surface area contributed by atoms with Crippen LogP contribution in [0.25, 0.3) is 0 Å². The summed E-state index contributed by atoms with van der Waals surface area (Å²) in [6, 6.07) is 2.64. The summed E-state index contributed by atoms with van der Waals surface area (Å²) in [5.41, 5.74) is -0.0186. The van der Waals surface area contributed by atoms with Gasteiger partial charge in [0.05, 0.1) is 11.5 Å². The van der Waals surface area contributed by atoms with Crippen LogP contribution in [0.1, 0.15) is 123 Å². The molecule has 0 radical (unpaired) electrons. The van der Waals surface area contributed by atoms with Crippen LogP contribution in [0.2, 0.25) is 0 Å². The number of hydrogen-bond acceptors (Lipinski definition) is 1. The zero-order chi connectivity index (χ0) is 19.1. The molecule has 3 aliphatic carbocycles. The molecule has 0 amide bonds. The Kier molecular flexibility index (Phi) is 8.10. The average Bonchev–Trinajstić information content (AvgIpc) is 2.72. The van der Waals surface area contributed by atoms with Crippen LogP contribution >= 0.6 is 0 Å². The van der Waals surface area contributed by atoms with Crippen LogP contribution in [0.15, 0.2) is 0 Å². The van der Waals surface area contributed by atoms with Crippen LogP contribution in [0.5, 0.6) is 0 Å². The highest BCUT2D eigenvalue weighted by atomic mass is 14.4. The summed E-state index contributed by atoms with van der Waals surface area (Å²) in [5.74, 6) is 4.93. The van der Waals surface area contributed by atoms with E-state index < -0.39 is 0 Å². The number of rotatable bonds is 7. The first-order valence-electron chi connectivity index (χ1n) is 12.5. The fourth-order valence-electron chi connectivity index (χ4n) is 6.94. The largest absolute Gasteiger partial charge is 0.198 e. The van der Waals surface area contributed by atoms with E-state index in [1.54, 1.807) is 0 Å². The third-order valence-electron chi connectivity index (χ3n) is 8.79. The van der Waals surface area contributed by atoms with Crippen molar-refractivity contribution in [2.24, 2.45) is 35.0 Å². The van der Waals surface area contributed by atoms with Gasteiger partial charge in [0, 0.05) is 0 Å². The van der Waals surface area contributed by atoms with Crippen LogP contribution < -0.4 is 0 Å². The summed E-state index contributed by atoms with van der Waals surface area (Å²) in [6.07, 6.45) is 24.3. The maximum Gasteiger partial charge on any atom is 0.0686 e. The predicted molar refractivity (Wildman–Crippen MR) is 115 cm³/mol. The lowest BCUT2D eigenvalue weighted by atomic mass is 9.62. The Balaban J connectivity index is 1.36. The first kappa shape index (κ1) is 21.2. The normalized spacial score (nSPS) is 40.4. The Hall–Kier alpha value is -0.510. The molecule has 3 fully saturated rings. The van der Waals surface area contributed by atoms with Crippen LogP contribution in [0.4, 0.5) is 0 Å². The zero-order valence-corrected chi connectivity index (χ0v) is 18.4. The molecule has 0 aliphatic heterocycles. The van der Waals surface area contributed by atoms with E-state index >= 15 is 0 Å². The summed E-state index contributed by atoms with van der Waals surface area (Å²) in [6.45, 7) is 4.53. The summed E-state index contributed by atoms with van der Waals surface area (Å²) in [7, 11) is 0. The first-order valence-corrected chi connectivity index (χ1v) is 12.5. The third kappa shape index (κ3) is 5.98. The fourth-order valence-corrected chi connectivity index (χ4v) is 6.94. The van der Waals surface area contributed by atoms with Crippen LogP contribution in [0.3, 0.4) is 0 Å². The van der Waals surface area contributed by atoms with Crippen molar-refractivity contribution in [3.63, 3.8) is 0 Å². The molecule has 0 aromatic heterocycles. The van der Waals surface area contributed by atoms with Gasteiger partial charge in [0.25, 0.3) is 0 Å². The number of hydrogen-bond donors (Lipinski definition) is 0. The van der Waals surface area contributed by atoms with E-state index in [4.69, 9.17) is 0 Å². The smallest absolute Gasteiger partial charge is 0.0686 e. The Labute approximate surface area is 169 Å². The Morgan fingerprint density at radius 2 is 1.37 bits per heavy atom. The summed E-state index contributed by atoms with van der Waals surface area (Å²) >= 11 is 0. The van der Waals surface area contributed by atoms with Crippen molar-refractivity contribution in [1.82, 2.24) is 0 Å². The van der Waals surface area contributed by atoms with E-state index in [-0.39, 0.29) is 5.41 Å². The molecular weight excluding hydrogens is 326 g/mol.